The van der Waals surface area contributed by atoms with E-state index in [9.17, 15) is 0 Å². The van der Waals surface area contributed by atoms with Gasteiger partial charge in [0.2, 0.25) is 0 Å². The molecule has 0 amide bonds. The summed E-state index contributed by atoms with van der Waals surface area (Å²) in [6.07, 6.45) is 0.0980. The Morgan fingerprint density at radius 2 is 1.95 bits per heavy atom. The number of nitrogen functional groups attached to an aromatic ring is 1. The molecule has 0 fully saturated rings. The van der Waals surface area contributed by atoms with Crippen LogP contribution in [0, 0.1) is 0 Å². The minimum absolute atomic E-state index is 0.0980. The van der Waals surface area contributed by atoms with Gasteiger partial charge in [-0.15, -0.1) is 0 Å². The van der Waals surface area contributed by atoms with Crippen LogP contribution in [0.2, 0.25) is 5.02 Å². The molecule has 0 unspecified atom stereocenters. The van der Waals surface area contributed by atoms with Gasteiger partial charge >= 0.3 is 0 Å². The van der Waals surface area contributed by atoms with Crippen molar-refractivity contribution < 1.29 is 4.74 Å². The molecule has 0 aliphatic carbocycles. The van der Waals surface area contributed by atoms with E-state index >= 15 is 0 Å². The van der Waals surface area contributed by atoms with Gasteiger partial charge in [0.1, 0.15) is 5.75 Å². The second-order valence-electron chi connectivity index (χ2n) is 5.37. The van der Waals surface area contributed by atoms with Gasteiger partial charge in [0.05, 0.1) is 11.8 Å². The number of benzene rings is 2. The Hall–Kier alpha value is -1.87. The van der Waals surface area contributed by atoms with Gasteiger partial charge in [-0.25, -0.2) is 0 Å². The van der Waals surface area contributed by atoms with Gasteiger partial charge in [-0.2, -0.15) is 0 Å². The number of ether oxygens (including phenoxy) is 1. The third-order valence-corrected chi connectivity index (χ3v) is 3.34. The Labute approximate surface area is 131 Å². The number of anilines is 2. The van der Waals surface area contributed by atoms with Crippen molar-refractivity contribution in [2.24, 2.45) is 0 Å². The van der Waals surface area contributed by atoms with E-state index in [1.807, 2.05) is 57.3 Å². The van der Waals surface area contributed by atoms with Gasteiger partial charge in [-0.1, -0.05) is 23.7 Å². The normalized spacial score (nSPS) is 10.7. The molecule has 2 N–H and O–H groups in total. The lowest BCUT2D eigenvalue weighted by molar-refractivity contribution is 0.244. The molecule has 2 aromatic carbocycles. The summed E-state index contributed by atoms with van der Waals surface area (Å²) in [5.74, 6) is 0.723. The van der Waals surface area contributed by atoms with Crippen LogP contribution in [-0.4, -0.2) is 13.2 Å². The first kappa shape index (κ1) is 15.5. The zero-order chi connectivity index (χ0) is 15.4. The fourth-order valence-corrected chi connectivity index (χ4v) is 2.33. The zero-order valence-electron chi connectivity index (χ0n) is 12.6. The van der Waals surface area contributed by atoms with Gasteiger partial charge < -0.3 is 15.4 Å². The second-order valence-corrected chi connectivity index (χ2v) is 5.81. The Bertz CT molecular complexity index is 613. The molecule has 21 heavy (non-hydrogen) atoms. The van der Waals surface area contributed by atoms with Gasteiger partial charge in [-0.05, 0) is 43.7 Å². The number of halogens is 1. The van der Waals surface area contributed by atoms with E-state index in [1.165, 1.54) is 0 Å². The summed E-state index contributed by atoms with van der Waals surface area (Å²) in [5, 5.41) is 0.752. The maximum Gasteiger partial charge on any atom is 0.144 e. The summed E-state index contributed by atoms with van der Waals surface area (Å²) in [5.41, 5.74) is 8.82. The lowest BCUT2D eigenvalue weighted by atomic mass is 10.2. The molecule has 0 heterocycles. The molecule has 2 aromatic rings. The average molecular weight is 305 g/mol. The Kier molecular flexibility index (Phi) is 4.97. The van der Waals surface area contributed by atoms with Crippen molar-refractivity contribution in [3.8, 4) is 5.75 Å². The van der Waals surface area contributed by atoms with Gasteiger partial charge in [0.15, 0.2) is 0 Å². The summed E-state index contributed by atoms with van der Waals surface area (Å²) >= 11 is 6.02. The molecule has 3 nitrogen and oxygen atoms in total. The summed E-state index contributed by atoms with van der Waals surface area (Å²) in [4.78, 5) is 2.14. The molecular weight excluding hydrogens is 284 g/mol. The molecule has 0 aliphatic heterocycles. The number of nitrogens with zero attached hydrogens (tertiary/aromatic N) is 1. The van der Waals surface area contributed by atoms with Crippen LogP contribution in [0.3, 0.4) is 0 Å². The average Bonchev–Trinajstić information content (AvgIpc) is 2.40. The Balaban J connectivity index is 2.17. The highest BCUT2D eigenvalue weighted by molar-refractivity contribution is 6.30. The topological polar surface area (TPSA) is 38.5 Å². The van der Waals surface area contributed by atoms with E-state index in [2.05, 4.69) is 11.0 Å². The van der Waals surface area contributed by atoms with Crippen LogP contribution in [0.15, 0.2) is 42.5 Å². The summed E-state index contributed by atoms with van der Waals surface area (Å²) in [6.45, 7) is 4.75. The first-order valence-corrected chi connectivity index (χ1v) is 7.35. The molecule has 0 saturated carbocycles. The first-order chi connectivity index (χ1) is 9.95. The van der Waals surface area contributed by atoms with Gasteiger partial charge in [0.25, 0.3) is 0 Å². The quantitative estimate of drug-likeness (QED) is 0.835. The van der Waals surface area contributed by atoms with Crippen molar-refractivity contribution in [2.45, 2.75) is 26.5 Å². The van der Waals surface area contributed by atoms with E-state index in [4.69, 9.17) is 22.1 Å². The molecule has 4 heteroatoms. The molecule has 0 aliphatic rings. The fourth-order valence-electron chi connectivity index (χ4n) is 2.12. The molecule has 0 saturated heterocycles. The standard InChI is InChI=1S/C17H21ClN2O/c1-12(2)21-17-10-15(7-8-16(17)19)20(3)11-13-5-4-6-14(18)9-13/h4-10,12H,11,19H2,1-3H3. The maximum atomic E-state index is 6.02. The van der Waals surface area contributed by atoms with Gasteiger partial charge in [-0.3, -0.25) is 0 Å². The molecule has 0 aromatic heterocycles. The van der Waals surface area contributed by atoms with Gasteiger partial charge in [0, 0.05) is 30.4 Å². The third kappa shape index (κ3) is 4.30. The summed E-state index contributed by atoms with van der Waals surface area (Å²) in [7, 11) is 2.03. The molecule has 0 atom stereocenters. The Morgan fingerprint density at radius 3 is 2.62 bits per heavy atom. The van der Waals surface area contributed by atoms with Crippen LogP contribution in [-0.2, 0) is 6.54 Å². The van der Waals surface area contributed by atoms with E-state index in [-0.39, 0.29) is 6.10 Å². The van der Waals surface area contributed by atoms with Crippen LogP contribution in [0.1, 0.15) is 19.4 Å². The van der Waals surface area contributed by atoms with Crippen LogP contribution in [0.4, 0.5) is 11.4 Å². The monoisotopic (exact) mass is 304 g/mol. The van der Waals surface area contributed by atoms with Crippen LogP contribution >= 0.6 is 11.6 Å². The molecular formula is C17H21ClN2O. The third-order valence-electron chi connectivity index (χ3n) is 3.11. The van der Waals surface area contributed by atoms with Crippen LogP contribution < -0.4 is 15.4 Å². The molecule has 112 valence electrons. The van der Waals surface area contributed by atoms with E-state index in [1.54, 1.807) is 0 Å². The fraction of sp³-hybridized carbons (Fsp3) is 0.294. The number of hydrogen-bond acceptors (Lipinski definition) is 3. The van der Waals surface area contributed by atoms with Crippen molar-refractivity contribution in [3.63, 3.8) is 0 Å². The maximum absolute atomic E-state index is 6.02. The lowest BCUT2D eigenvalue weighted by Gasteiger charge is -2.21. The lowest BCUT2D eigenvalue weighted by Crippen LogP contribution is -2.17. The van der Waals surface area contributed by atoms with Crippen molar-refractivity contribution in [1.29, 1.82) is 0 Å². The van der Waals surface area contributed by atoms with Crippen molar-refractivity contribution >= 4 is 23.0 Å². The predicted octanol–water partition coefficient (Wildman–Crippen LogP) is 4.35. The molecule has 0 radical (unpaired) electrons. The molecule has 2 rings (SSSR count). The first-order valence-electron chi connectivity index (χ1n) is 6.97. The zero-order valence-corrected chi connectivity index (χ0v) is 13.4. The predicted molar refractivity (Wildman–Crippen MR) is 90.2 cm³/mol. The van der Waals surface area contributed by atoms with E-state index in [0.29, 0.717) is 5.69 Å². The van der Waals surface area contributed by atoms with Crippen molar-refractivity contribution in [2.75, 3.05) is 17.7 Å². The second kappa shape index (κ2) is 6.72. The number of hydrogen-bond donors (Lipinski definition) is 1. The SMILES string of the molecule is CC(C)Oc1cc(N(C)Cc2cccc(Cl)c2)ccc1N. The minimum atomic E-state index is 0.0980. The summed E-state index contributed by atoms with van der Waals surface area (Å²) in [6, 6.07) is 13.7. The Morgan fingerprint density at radius 1 is 1.19 bits per heavy atom. The highest BCUT2D eigenvalue weighted by Crippen LogP contribution is 2.29. The van der Waals surface area contributed by atoms with Crippen molar-refractivity contribution in [1.82, 2.24) is 0 Å². The number of rotatable bonds is 5. The highest BCUT2D eigenvalue weighted by atomic mass is 35.5. The van der Waals surface area contributed by atoms with Crippen LogP contribution in [0.25, 0.3) is 0 Å². The van der Waals surface area contributed by atoms with Crippen LogP contribution in [0.5, 0.6) is 5.75 Å². The largest absolute Gasteiger partial charge is 0.489 e. The highest BCUT2D eigenvalue weighted by Gasteiger charge is 2.08. The minimum Gasteiger partial charge on any atom is -0.489 e. The van der Waals surface area contributed by atoms with E-state index in [0.717, 1.165) is 28.6 Å². The van der Waals surface area contributed by atoms with E-state index < -0.39 is 0 Å². The molecule has 0 spiro atoms. The smallest absolute Gasteiger partial charge is 0.144 e. The number of nitrogens with two attached hydrogens (primary N) is 1. The van der Waals surface area contributed by atoms with Crippen molar-refractivity contribution in [3.05, 3.63) is 53.1 Å². The summed E-state index contributed by atoms with van der Waals surface area (Å²) < 4.78 is 5.73. The molecule has 0 bridgehead atoms.